The zero-order valence-corrected chi connectivity index (χ0v) is 21.3. The third kappa shape index (κ3) is 6.36. The quantitative estimate of drug-likeness (QED) is 0.433. The molecule has 4 rings (SSSR count). The molecule has 2 aromatic carbocycles. The number of urea groups is 1. The zero-order chi connectivity index (χ0) is 24.1. The molecule has 1 aromatic heterocycles. The highest BCUT2D eigenvalue weighted by Gasteiger charge is 2.23. The number of rotatable bonds is 7. The molecule has 0 spiro atoms. The summed E-state index contributed by atoms with van der Waals surface area (Å²) in [4.78, 5) is 24.0. The summed E-state index contributed by atoms with van der Waals surface area (Å²) < 4.78 is 10.5. The van der Waals surface area contributed by atoms with Crippen LogP contribution < -0.4 is 30.3 Å². The molecule has 9 nitrogen and oxygen atoms in total. The van der Waals surface area contributed by atoms with E-state index in [-0.39, 0.29) is 30.5 Å². The Balaban J connectivity index is 0.00000342. The Morgan fingerprint density at radius 2 is 1.63 bits per heavy atom. The molecule has 188 valence electrons. The largest absolute Gasteiger partial charge is 0.493 e. The summed E-state index contributed by atoms with van der Waals surface area (Å²) in [5.74, 6) is 2.73. The van der Waals surface area contributed by atoms with Gasteiger partial charge in [0, 0.05) is 43.3 Å². The third-order valence-electron chi connectivity index (χ3n) is 6.04. The van der Waals surface area contributed by atoms with Gasteiger partial charge in [0.15, 0.2) is 11.5 Å². The number of benzene rings is 2. The zero-order valence-electron chi connectivity index (χ0n) is 20.5. The number of nitrogens with one attached hydrogen (secondary N) is 3. The van der Waals surface area contributed by atoms with Gasteiger partial charge in [0.2, 0.25) is 5.95 Å². The van der Waals surface area contributed by atoms with Crippen LogP contribution in [0.25, 0.3) is 10.9 Å². The van der Waals surface area contributed by atoms with Crippen molar-refractivity contribution in [3.63, 3.8) is 0 Å². The highest BCUT2D eigenvalue weighted by Crippen LogP contribution is 2.30. The first-order chi connectivity index (χ1) is 16.5. The minimum Gasteiger partial charge on any atom is -0.493 e. The molecule has 0 radical (unpaired) electrons. The maximum atomic E-state index is 12.5. The van der Waals surface area contributed by atoms with Crippen LogP contribution in [0, 0.1) is 0 Å². The van der Waals surface area contributed by atoms with Crippen molar-refractivity contribution in [3.05, 3.63) is 42.5 Å². The van der Waals surface area contributed by atoms with Crippen molar-refractivity contribution in [1.82, 2.24) is 15.3 Å². The fourth-order valence-corrected chi connectivity index (χ4v) is 4.30. The van der Waals surface area contributed by atoms with Crippen LogP contribution in [0.3, 0.4) is 0 Å². The number of ether oxygens (including phenoxy) is 2. The van der Waals surface area contributed by atoms with E-state index in [0.29, 0.717) is 23.1 Å². The Morgan fingerprint density at radius 1 is 0.943 bits per heavy atom. The predicted molar refractivity (Wildman–Crippen MR) is 142 cm³/mol. The molecule has 0 bridgehead atoms. The second-order valence-corrected chi connectivity index (χ2v) is 8.64. The van der Waals surface area contributed by atoms with Crippen LogP contribution in [0.5, 0.6) is 11.5 Å². The van der Waals surface area contributed by atoms with E-state index in [1.165, 1.54) is 0 Å². The molecular formula is C25H33ClN6O3. The lowest BCUT2D eigenvalue weighted by molar-refractivity contribution is 0.243. The second-order valence-electron chi connectivity index (χ2n) is 8.64. The van der Waals surface area contributed by atoms with Gasteiger partial charge in [0.05, 0.1) is 19.7 Å². The topological polar surface area (TPSA) is 101 Å². The van der Waals surface area contributed by atoms with E-state index in [1.807, 2.05) is 43.3 Å². The molecule has 0 aliphatic heterocycles. The molecule has 1 heterocycles. The summed E-state index contributed by atoms with van der Waals surface area (Å²) in [6, 6.07) is 13.5. The lowest BCUT2D eigenvalue weighted by Crippen LogP contribution is -2.42. The molecule has 1 saturated carbocycles. The fourth-order valence-electron chi connectivity index (χ4n) is 4.30. The van der Waals surface area contributed by atoms with Gasteiger partial charge in [-0.25, -0.2) is 9.78 Å². The highest BCUT2D eigenvalue weighted by atomic mass is 35.5. The normalized spacial score (nSPS) is 17.1. The summed E-state index contributed by atoms with van der Waals surface area (Å²) in [5.41, 5.74) is 1.57. The number of amides is 2. The SMILES string of the molecule is COc1ccc(NC(=O)NC2CCC(Nc3nc(N(C)C)c4ccccc4n3)CC2)cc1OC.Cl. The number of halogens is 1. The van der Waals surface area contributed by atoms with E-state index in [2.05, 4.69) is 16.0 Å². The van der Waals surface area contributed by atoms with Crippen molar-refractivity contribution in [3.8, 4) is 11.5 Å². The van der Waals surface area contributed by atoms with Crippen LogP contribution >= 0.6 is 12.4 Å². The van der Waals surface area contributed by atoms with Crippen molar-refractivity contribution in [2.75, 3.05) is 43.8 Å². The van der Waals surface area contributed by atoms with Gasteiger partial charge >= 0.3 is 6.03 Å². The van der Waals surface area contributed by atoms with Crippen LogP contribution in [0.4, 0.5) is 22.2 Å². The van der Waals surface area contributed by atoms with Gasteiger partial charge < -0.3 is 30.3 Å². The van der Waals surface area contributed by atoms with Crippen LogP contribution in [0.15, 0.2) is 42.5 Å². The van der Waals surface area contributed by atoms with Crippen molar-refractivity contribution in [2.45, 2.75) is 37.8 Å². The Kier molecular flexibility index (Phi) is 8.81. The average molecular weight is 501 g/mol. The van der Waals surface area contributed by atoms with Crippen LogP contribution in [0.1, 0.15) is 25.7 Å². The molecule has 1 fully saturated rings. The van der Waals surface area contributed by atoms with Crippen molar-refractivity contribution in [2.24, 2.45) is 0 Å². The molecule has 1 aliphatic carbocycles. The summed E-state index contributed by atoms with van der Waals surface area (Å²) in [7, 11) is 7.12. The number of aromatic nitrogens is 2. The van der Waals surface area contributed by atoms with Crippen molar-refractivity contribution in [1.29, 1.82) is 0 Å². The first-order valence-electron chi connectivity index (χ1n) is 11.5. The molecule has 3 N–H and O–H groups in total. The molecular weight excluding hydrogens is 468 g/mol. The Bertz CT molecular complexity index is 1150. The van der Waals surface area contributed by atoms with Crippen LogP contribution in [0.2, 0.25) is 0 Å². The summed E-state index contributed by atoms with van der Waals surface area (Å²) in [5, 5.41) is 10.5. The van der Waals surface area contributed by atoms with E-state index >= 15 is 0 Å². The van der Waals surface area contributed by atoms with Gasteiger partial charge in [-0.05, 0) is 49.9 Å². The Labute approximate surface area is 212 Å². The smallest absolute Gasteiger partial charge is 0.319 e. The lowest BCUT2D eigenvalue weighted by Gasteiger charge is -2.30. The number of hydrogen-bond acceptors (Lipinski definition) is 7. The first kappa shape index (κ1) is 26.2. The van der Waals surface area contributed by atoms with Gasteiger partial charge in [0.25, 0.3) is 0 Å². The summed E-state index contributed by atoms with van der Waals surface area (Å²) in [6.07, 6.45) is 3.61. The standard InChI is InChI=1S/C25H32N6O3.ClH/c1-31(2)23-19-7-5-6-8-20(19)29-24(30-23)26-16-9-11-17(12-10-16)27-25(32)28-18-13-14-21(33-3)22(15-18)34-4;/h5-8,13-17H,9-12H2,1-4H3,(H,26,29,30)(H2,27,28,32);1H. The molecule has 2 amide bonds. The van der Waals surface area contributed by atoms with Gasteiger partial charge in [-0.2, -0.15) is 4.98 Å². The first-order valence-corrected chi connectivity index (χ1v) is 11.5. The van der Waals surface area contributed by atoms with Crippen molar-refractivity contribution >= 4 is 46.8 Å². The van der Waals surface area contributed by atoms with Gasteiger partial charge in [-0.3, -0.25) is 0 Å². The molecule has 1 aliphatic rings. The summed E-state index contributed by atoms with van der Waals surface area (Å²) >= 11 is 0. The minimum atomic E-state index is -0.225. The maximum Gasteiger partial charge on any atom is 0.319 e. The molecule has 3 aromatic rings. The van der Waals surface area contributed by atoms with E-state index in [0.717, 1.165) is 42.4 Å². The monoisotopic (exact) mass is 500 g/mol. The highest BCUT2D eigenvalue weighted by molar-refractivity contribution is 5.90. The van der Waals surface area contributed by atoms with E-state index in [1.54, 1.807) is 32.4 Å². The molecule has 0 unspecified atom stereocenters. The fraction of sp³-hybridized carbons (Fsp3) is 0.400. The number of carbonyl (C=O) groups excluding carboxylic acids is 1. The number of hydrogen-bond donors (Lipinski definition) is 3. The number of carbonyl (C=O) groups is 1. The third-order valence-corrected chi connectivity index (χ3v) is 6.04. The number of fused-ring (bicyclic) bond motifs is 1. The molecule has 35 heavy (non-hydrogen) atoms. The number of nitrogens with zero attached hydrogens (tertiary/aromatic N) is 3. The minimum absolute atomic E-state index is 0. The van der Waals surface area contributed by atoms with E-state index in [9.17, 15) is 4.79 Å². The Morgan fingerprint density at radius 3 is 2.31 bits per heavy atom. The predicted octanol–water partition coefficient (Wildman–Crippen LogP) is 4.68. The molecule has 0 atom stereocenters. The number of anilines is 3. The van der Waals surface area contributed by atoms with E-state index in [4.69, 9.17) is 19.4 Å². The number of methoxy groups -OCH3 is 2. The maximum absolute atomic E-state index is 12.5. The van der Waals surface area contributed by atoms with Gasteiger partial charge in [0.1, 0.15) is 5.82 Å². The molecule has 0 saturated heterocycles. The average Bonchev–Trinajstić information content (AvgIpc) is 2.84. The van der Waals surface area contributed by atoms with E-state index < -0.39 is 0 Å². The molecule has 10 heteroatoms. The second kappa shape index (κ2) is 11.8. The van der Waals surface area contributed by atoms with Gasteiger partial charge in [-0.15, -0.1) is 12.4 Å². The van der Waals surface area contributed by atoms with Crippen molar-refractivity contribution < 1.29 is 14.3 Å². The van der Waals surface area contributed by atoms with Crippen LogP contribution in [-0.2, 0) is 0 Å². The number of para-hydroxylation sites is 1. The lowest BCUT2D eigenvalue weighted by atomic mass is 9.91. The summed E-state index contributed by atoms with van der Waals surface area (Å²) in [6.45, 7) is 0. The van der Waals surface area contributed by atoms with Crippen LogP contribution in [-0.4, -0.2) is 56.4 Å². The van der Waals surface area contributed by atoms with Gasteiger partial charge in [-0.1, -0.05) is 12.1 Å². The Hall–Kier alpha value is -3.46.